The third kappa shape index (κ3) is 3.88. The second-order valence-corrected chi connectivity index (χ2v) is 7.40. The van der Waals surface area contributed by atoms with Gasteiger partial charge >= 0.3 is 6.09 Å². The van der Waals surface area contributed by atoms with Crippen LogP contribution in [0.4, 0.5) is 4.79 Å². The minimum Gasteiger partial charge on any atom is -0.490 e. The van der Waals surface area contributed by atoms with E-state index in [1.807, 2.05) is 32.9 Å². The highest BCUT2D eigenvalue weighted by molar-refractivity contribution is 9.11. The third-order valence-corrected chi connectivity index (χ3v) is 3.75. The summed E-state index contributed by atoms with van der Waals surface area (Å²) in [7, 11) is 0. The summed E-state index contributed by atoms with van der Waals surface area (Å²) in [6, 6.07) is 3.89. The van der Waals surface area contributed by atoms with E-state index in [2.05, 4.69) is 31.9 Å². The molecule has 1 amide bonds. The van der Waals surface area contributed by atoms with E-state index >= 15 is 0 Å². The van der Waals surface area contributed by atoms with Crippen LogP contribution < -0.4 is 4.74 Å². The van der Waals surface area contributed by atoms with Crippen molar-refractivity contribution >= 4 is 38.0 Å². The molecule has 0 atom stereocenters. The molecule has 2 rings (SSSR count). The second-order valence-electron chi connectivity index (χ2n) is 5.63. The molecule has 0 spiro atoms. The minimum atomic E-state index is -0.495. The highest BCUT2D eigenvalue weighted by atomic mass is 79.9. The first-order valence-corrected chi connectivity index (χ1v) is 7.93. The summed E-state index contributed by atoms with van der Waals surface area (Å²) in [5.41, 5.74) is 0.458. The number of rotatable bonds is 0. The fourth-order valence-corrected chi connectivity index (χ4v) is 3.35. The molecule has 20 heavy (non-hydrogen) atoms. The van der Waals surface area contributed by atoms with Gasteiger partial charge in [-0.1, -0.05) is 15.9 Å². The summed E-state index contributed by atoms with van der Waals surface area (Å²) in [5.74, 6) is 0.791. The Labute approximate surface area is 135 Å². The highest BCUT2D eigenvalue weighted by Gasteiger charge is 2.26. The van der Waals surface area contributed by atoms with E-state index in [-0.39, 0.29) is 6.09 Å². The van der Waals surface area contributed by atoms with E-state index < -0.39 is 5.60 Å². The van der Waals surface area contributed by atoms with E-state index in [1.165, 1.54) is 0 Å². The average molecular weight is 407 g/mol. The lowest BCUT2D eigenvalue weighted by molar-refractivity contribution is 0.0225. The Morgan fingerprint density at radius 3 is 2.70 bits per heavy atom. The summed E-state index contributed by atoms with van der Waals surface area (Å²) >= 11 is 6.94. The predicted molar refractivity (Wildman–Crippen MR) is 84.0 cm³/mol. The number of benzene rings is 1. The summed E-state index contributed by atoms with van der Waals surface area (Å²) in [6.45, 7) is 7.02. The lowest BCUT2D eigenvalue weighted by atomic mass is 10.2. The van der Waals surface area contributed by atoms with Gasteiger partial charge in [-0.05, 0) is 48.8 Å². The maximum atomic E-state index is 12.2. The molecular weight excluding hydrogens is 390 g/mol. The fraction of sp³-hybridized carbons (Fsp3) is 0.500. The van der Waals surface area contributed by atoms with Crippen molar-refractivity contribution in [1.29, 1.82) is 0 Å². The predicted octanol–water partition coefficient (Wildman–Crippen LogP) is 4.34. The van der Waals surface area contributed by atoms with Crippen molar-refractivity contribution in [2.24, 2.45) is 0 Å². The molecule has 1 aromatic carbocycles. The first-order valence-electron chi connectivity index (χ1n) is 6.35. The van der Waals surface area contributed by atoms with E-state index in [9.17, 15) is 4.79 Å². The number of nitrogens with zero attached hydrogens (tertiary/aromatic N) is 1. The maximum absolute atomic E-state index is 12.2. The average Bonchev–Trinajstić information content (AvgIpc) is 2.48. The first-order chi connectivity index (χ1) is 9.26. The van der Waals surface area contributed by atoms with Crippen LogP contribution in [0.5, 0.6) is 5.75 Å². The highest BCUT2D eigenvalue weighted by Crippen LogP contribution is 2.35. The Kier molecular flexibility index (Phi) is 4.64. The molecular formula is C14H17Br2NO3. The van der Waals surface area contributed by atoms with Gasteiger partial charge in [-0.3, -0.25) is 0 Å². The summed E-state index contributed by atoms with van der Waals surface area (Å²) in [5, 5.41) is 0. The lowest BCUT2D eigenvalue weighted by Crippen LogP contribution is -2.37. The number of carbonyl (C=O) groups is 1. The summed E-state index contributed by atoms with van der Waals surface area (Å²) in [6.07, 6.45) is -0.315. The molecule has 6 heteroatoms. The topological polar surface area (TPSA) is 38.8 Å². The van der Waals surface area contributed by atoms with E-state index in [0.717, 1.165) is 20.3 Å². The standard InChI is InChI=1S/C14H17Br2NO3/c1-14(2,3)20-13(18)17-4-5-19-12-9(8-17)6-10(15)7-11(12)16/h6-7H,4-5,8H2,1-3H3. The zero-order valence-corrected chi connectivity index (χ0v) is 14.9. The van der Waals surface area contributed by atoms with Gasteiger partial charge in [-0.15, -0.1) is 0 Å². The Hall–Kier alpha value is -0.750. The SMILES string of the molecule is CC(C)(C)OC(=O)N1CCOc2c(Br)cc(Br)cc2C1. The zero-order chi connectivity index (χ0) is 14.9. The molecule has 0 saturated carbocycles. The minimum absolute atomic E-state index is 0.315. The van der Waals surface area contributed by atoms with Crippen molar-refractivity contribution in [2.45, 2.75) is 32.9 Å². The molecule has 1 aliphatic rings. The van der Waals surface area contributed by atoms with Crippen LogP contribution in [0.2, 0.25) is 0 Å². The van der Waals surface area contributed by atoms with Gasteiger partial charge < -0.3 is 14.4 Å². The molecule has 0 aliphatic carbocycles. The van der Waals surface area contributed by atoms with Gasteiger partial charge in [0.1, 0.15) is 18.0 Å². The molecule has 0 unspecified atom stereocenters. The number of halogens is 2. The van der Waals surface area contributed by atoms with Crippen LogP contribution in [0.1, 0.15) is 26.3 Å². The molecule has 1 aliphatic heterocycles. The number of fused-ring (bicyclic) bond motifs is 1. The van der Waals surface area contributed by atoms with Crippen molar-refractivity contribution in [3.63, 3.8) is 0 Å². The molecule has 0 aromatic heterocycles. The van der Waals surface area contributed by atoms with Gasteiger partial charge in [0.15, 0.2) is 0 Å². The summed E-state index contributed by atoms with van der Waals surface area (Å²) < 4.78 is 13.0. The van der Waals surface area contributed by atoms with Crippen LogP contribution in [0.25, 0.3) is 0 Å². The third-order valence-electron chi connectivity index (χ3n) is 2.71. The smallest absolute Gasteiger partial charge is 0.410 e. The van der Waals surface area contributed by atoms with Crippen molar-refractivity contribution in [3.05, 3.63) is 26.6 Å². The van der Waals surface area contributed by atoms with Crippen LogP contribution in [-0.4, -0.2) is 29.7 Å². The van der Waals surface area contributed by atoms with Crippen LogP contribution in [-0.2, 0) is 11.3 Å². The van der Waals surface area contributed by atoms with Gasteiger partial charge in [-0.25, -0.2) is 4.79 Å². The number of amides is 1. The van der Waals surface area contributed by atoms with Crippen LogP contribution >= 0.6 is 31.9 Å². The largest absolute Gasteiger partial charge is 0.490 e. The van der Waals surface area contributed by atoms with Gasteiger partial charge in [0, 0.05) is 10.0 Å². The lowest BCUT2D eigenvalue weighted by Gasteiger charge is -2.26. The maximum Gasteiger partial charge on any atom is 0.410 e. The summed E-state index contributed by atoms with van der Waals surface area (Å²) in [4.78, 5) is 13.8. The van der Waals surface area contributed by atoms with Crippen molar-refractivity contribution in [3.8, 4) is 5.75 Å². The zero-order valence-electron chi connectivity index (χ0n) is 11.7. The Morgan fingerprint density at radius 1 is 1.35 bits per heavy atom. The molecule has 0 radical (unpaired) electrons. The molecule has 0 fully saturated rings. The van der Waals surface area contributed by atoms with Crippen LogP contribution in [0.15, 0.2) is 21.1 Å². The molecule has 4 nitrogen and oxygen atoms in total. The van der Waals surface area contributed by atoms with E-state index in [1.54, 1.807) is 4.90 Å². The van der Waals surface area contributed by atoms with Gasteiger partial charge in [0.25, 0.3) is 0 Å². The number of ether oxygens (including phenoxy) is 2. The molecule has 0 N–H and O–H groups in total. The van der Waals surface area contributed by atoms with E-state index in [0.29, 0.717) is 19.7 Å². The molecule has 1 aromatic rings. The number of carbonyl (C=O) groups excluding carboxylic acids is 1. The monoisotopic (exact) mass is 405 g/mol. The molecule has 110 valence electrons. The number of hydrogen-bond acceptors (Lipinski definition) is 3. The van der Waals surface area contributed by atoms with E-state index in [4.69, 9.17) is 9.47 Å². The first kappa shape index (κ1) is 15.6. The second kappa shape index (κ2) is 5.93. The normalized spacial score (nSPS) is 15.2. The molecule has 0 saturated heterocycles. The molecule has 1 heterocycles. The quantitative estimate of drug-likeness (QED) is 0.643. The molecule has 0 bridgehead atoms. The fourth-order valence-electron chi connectivity index (χ4n) is 1.92. The Balaban J connectivity index is 2.22. The van der Waals surface area contributed by atoms with Gasteiger partial charge in [-0.2, -0.15) is 0 Å². The van der Waals surface area contributed by atoms with Crippen molar-refractivity contribution in [1.82, 2.24) is 4.90 Å². The van der Waals surface area contributed by atoms with Crippen molar-refractivity contribution < 1.29 is 14.3 Å². The van der Waals surface area contributed by atoms with Gasteiger partial charge in [0.2, 0.25) is 0 Å². The van der Waals surface area contributed by atoms with Gasteiger partial charge in [0.05, 0.1) is 17.6 Å². The van der Waals surface area contributed by atoms with Crippen LogP contribution in [0.3, 0.4) is 0 Å². The van der Waals surface area contributed by atoms with Crippen LogP contribution in [0, 0.1) is 0 Å². The Bertz CT molecular complexity index is 526. The number of hydrogen-bond donors (Lipinski definition) is 0. The van der Waals surface area contributed by atoms with Crippen molar-refractivity contribution in [2.75, 3.05) is 13.2 Å². The Morgan fingerprint density at radius 2 is 2.05 bits per heavy atom.